The second-order valence-corrected chi connectivity index (χ2v) is 9.45. The molecule has 1 saturated heterocycles. The number of β-amino-alcohol motifs (C(OH)–C–C–N with tert-alkyl or cyclic N) is 1. The number of para-hydroxylation sites is 2. The van der Waals surface area contributed by atoms with E-state index in [4.69, 9.17) is 9.47 Å². The van der Waals surface area contributed by atoms with Gasteiger partial charge in [-0.3, -0.25) is 9.69 Å². The fourth-order valence-electron chi connectivity index (χ4n) is 5.18. The Bertz CT molecular complexity index is 1150. The molecule has 0 saturated carbocycles. The molecule has 6 nitrogen and oxygen atoms in total. The number of likely N-dealkylation sites (tertiary alicyclic amines) is 1. The average molecular weight is 473 g/mol. The Hall–Kier alpha value is -3.35. The van der Waals surface area contributed by atoms with Crippen molar-refractivity contribution in [3.8, 4) is 17.2 Å². The summed E-state index contributed by atoms with van der Waals surface area (Å²) in [6, 6.07) is 23.1. The third-order valence-corrected chi connectivity index (χ3v) is 7.11. The van der Waals surface area contributed by atoms with E-state index in [2.05, 4.69) is 10.2 Å². The summed E-state index contributed by atoms with van der Waals surface area (Å²) in [6.07, 6.45) is 0.429. The summed E-state index contributed by atoms with van der Waals surface area (Å²) in [5.74, 6) is 2.12. The van der Waals surface area contributed by atoms with Gasteiger partial charge in [-0.05, 0) is 50.1 Å². The Labute approximate surface area is 206 Å². The molecule has 2 heterocycles. The van der Waals surface area contributed by atoms with Crippen LogP contribution in [-0.2, 0) is 10.2 Å². The third kappa shape index (κ3) is 4.51. The van der Waals surface area contributed by atoms with Crippen molar-refractivity contribution in [3.63, 3.8) is 0 Å². The number of aliphatic hydroxyl groups excluding tert-OH is 1. The number of nitrogens with zero attached hydrogens (tertiary/aromatic N) is 1. The summed E-state index contributed by atoms with van der Waals surface area (Å²) in [4.78, 5) is 16.4. The van der Waals surface area contributed by atoms with E-state index in [-0.39, 0.29) is 18.1 Å². The van der Waals surface area contributed by atoms with Crippen LogP contribution in [0.4, 0.5) is 0 Å². The molecule has 3 aromatic rings. The van der Waals surface area contributed by atoms with E-state index in [0.29, 0.717) is 31.2 Å². The highest BCUT2D eigenvalue weighted by Crippen LogP contribution is 2.48. The van der Waals surface area contributed by atoms with Crippen molar-refractivity contribution in [2.45, 2.75) is 37.8 Å². The number of aliphatic hydroxyl groups is 1. The molecule has 1 amide bonds. The number of benzene rings is 3. The van der Waals surface area contributed by atoms with E-state index >= 15 is 0 Å². The van der Waals surface area contributed by atoms with Crippen LogP contribution in [0.2, 0.25) is 0 Å². The van der Waals surface area contributed by atoms with Crippen molar-refractivity contribution < 1.29 is 19.4 Å². The maximum Gasteiger partial charge on any atom is 0.235 e. The van der Waals surface area contributed by atoms with Crippen LogP contribution in [0.1, 0.15) is 43.0 Å². The zero-order chi connectivity index (χ0) is 24.4. The van der Waals surface area contributed by atoms with Crippen molar-refractivity contribution in [2.75, 3.05) is 26.2 Å². The number of amides is 1. The van der Waals surface area contributed by atoms with Crippen molar-refractivity contribution >= 4 is 5.91 Å². The van der Waals surface area contributed by atoms with Gasteiger partial charge in [-0.1, -0.05) is 48.5 Å². The molecule has 6 heteroatoms. The fourth-order valence-corrected chi connectivity index (χ4v) is 5.18. The molecule has 2 aliphatic heterocycles. The van der Waals surface area contributed by atoms with Gasteiger partial charge in [0.25, 0.3) is 0 Å². The van der Waals surface area contributed by atoms with Crippen LogP contribution in [0.25, 0.3) is 0 Å². The predicted molar refractivity (Wildman–Crippen MR) is 135 cm³/mol. The van der Waals surface area contributed by atoms with Crippen LogP contribution in [0.5, 0.6) is 17.2 Å². The van der Waals surface area contributed by atoms with Gasteiger partial charge in [-0.25, -0.2) is 0 Å². The molecule has 0 spiro atoms. The Kier molecular flexibility index (Phi) is 6.50. The molecule has 35 heavy (non-hydrogen) atoms. The van der Waals surface area contributed by atoms with Gasteiger partial charge in [0.2, 0.25) is 5.91 Å². The largest absolute Gasteiger partial charge is 0.494 e. The second kappa shape index (κ2) is 9.72. The summed E-state index contributed by atoms with van der Waals surface area (Å²) in [7, 11) is 0. The molecule has 5 rings (SSSR count). The minimum Gasteiger partial charge on any atom is -0.494 e. The Morgan fingerprint density at radius 1 is 1.09 bits per heavy atom. The van der Waals surface area contributed by atoms with Crippen molar-refractivity contribution in [1.29, 1.82) is 0 Å². The Morgan fingerprint density at radius 2 is 1.71 bits per heavy atom. The van der Waals surface area contributed by atoms with Crippen LogP contribution in [-0.4, -0.2) is 48.3 Å². The predicted octanol–water partition coefficient (Wildman–Crippen LogP) is 4.42. The van der Waals surface area contributed by atoms with Crippen LogP contribution in [0, 0.1) is 0 Å². The van der Waals surface area contributed by atoms with Gasteiger partial charge >= 0.3 is 0 Å². The zero-order valence-corrected chi connectivity index (χ0v) is 20.2. The van der Waals surface area contributed by atoms with E-state index in [1.165, 1.54) is 0 Å². The van der Waals surface area contributed by atoms with E-state index in [1.807, 2.05) is 86.6 Å². The standard InChI is InChI=1S/C29H32N2O4/c1-3-34-22-14-12-20(13-15-22)25(19-31-17-16-21(32)18-31)30-28(33)29(2)23-8-4-6-10-26(23)35-27-11-7-5-9-24(27)29/h4-15,21,25,32H,3,16-19H2,1-2H3,(H,30,33)/t21?,25-/m1/s1. The van der Waals surface area contributed by atoms with Crippen molar-refractivity contribution in [2.24, 2.45) is 0 Å². The van der Waals surface area contributed by atoms with Gasteiger partial charge in [-0.2, -0.15) is 0 Å². The maximum atomic E-state index is 14.2. The quantitative estimate of drug-likeness (QED) is 0.533. The number of nitrogens with one attached hydrogen (secondary N) is 1. The summed E-state index contributed by atoms with van der Waals surface area (Å²) in [6.45, 7) is 6.57. The molecule has 0 bridgehead atoms. The number of fused-ring (bicyclic) bond motifs is 2. The lowest BCUT2D eigenvalue weighted by Gasteiger charge is -2.37. The zero-order valence-electron chi connectivity index (χ0n) is 20.2. The van der Waals surface area contributed by atoms with Gasteiger partial charge < -0.3 is 19.9 Å². The van der Waals surface area contributed by atoms with E-state index in [9.17, 15) is 9.90 Å². The minimum atomic E-state index is -0.917. The number of hydrogen-bond acceptors (Lipinski definition) is 5. The van der Waals surface area contributed by atoms with Crippen LogP contribution < -0.4 is 14.8 Å². The lowest BCUT2D eigenvalue weighted by atomic mass is 9.73. The summed E-state index contributed by atoms with van der Waals surface area (Å²) < 4.78 is 11.8. The van der Waals surface area contributed by atoms with Crippen molar-refractivity contribution in [1.82, 2.24) is 10.2 Å². The molecule has 1 fully saturated rings. The first kappa shape index (κ1) is 23.4. The maximum absolute atomic E-state index is 14.2. The molecule has 2 aliphatic rings. The topological polar surface area (TPSA) is 71.0 Å². The van der Waals surface area contributed by atoms with E-state index in [1.54, 1.807) is 0 Å². The first-order valence-electron chi connectivity index (χ1n) is 12.3. The van der Waals surface area contributed by atoms with Gasteiger partial charge in [0, 0.05) is 30.8 Å². The van der Waals surface area contributed by atoms with Gasteiger partial charge in [0.05, 0.1) is 18.8 Å². The lowest BCUT2D eigenvalue weighted by molar-refractivity contribution is -0.126. The summed E-state index contributed by atoms with van der Waals surface area (Å²) >= 11 is 0. The number of carbonyl (C=O) groups excluding carboxylic acids is 1. The highest BCUT2D eigenvalue weighted by atomic mass is 16.5. The number of hydrogen-bond donors (Lipinski definition) is 2. The first-order valence-corrected chi connectivity index (χ1v) is 12.3. The lowest BCUT2D eigenvalue weighted by Crippen LogP contribution is -2.48. The molecule has 2 atom stereocenters. The van der Waals surface area contributed by atoms with Gasteiger partial charge in [0.1, 0.15) is 22.7 Å². The van der Waals surface area contributed by atoms with Gasteiger partial charge in [0.15, 0.2) is 0 Å². The van der Waals surface area contributed by atoms with Crippen LogP contribution in [0.15, 0.2) is 72.8 Å². The number of ether oxygens (including phenoxy) is 2. The minimum absolute atomic E-state index is 0.0840. The first-order chi connectivity index (χ1) is 17.0. The summed E-state index contributed by atoms with van der Waals surface area (Å²) in [5, 5.41) is 13.4. The molecule has 0 aromatic heterocycles. The third-order valence-electron chi connectivity index (χ3n) is 7.11. The Morgan fingerprint density at radius 3 is 2.29 bits per heavy atom. The highest BCUT2D eigenvalue weighted by molar-refractivity contribution is 5.94. The monoisotopic (exact) mass is 472 g/mol. The molecule has 1 unspecified atom stereocenters. The average Bonchev–Trinajstić information content (AvgIpc) is 3.29. The number of carbonyl (C=O) groups is 1. The fraction of sp³-hybridized carbons (Fsp3) is 0.345. The second-order valence-electron chi connectivity index (χ2n) is 9.45. The molecule has 2 N–H and O–H groups in total. The smallest absolute Gasteiger partial charge is 0.235 e. The summed E-state index contributed by atoms with van der Waals surface area (Å²) in [5.41, 5.74) is 1.77. The molecular formula is C29H32N2O4. The molecule has 3 aromatic carbocycles. The SMILES string of the molecule is CCOc1ccc([C@@H](CN2CCC(O)C2)NC(=O)C2(C)c3ccccc3Oc3ccccc32)cc1. The normalized spacial score (nSPS) is 19.2. The Balaban J connectivity index is 1.49. The molecule has 0 radical (unpaired) electrons. The van der Waals surface area contributed by atoms with Crippen LogP contribution in [0.3, 0.4) is 0 Å². The highest BCUT2D eigenvalue weighted by Gasteiger charge is 2.45. The van der Waals surface area contributed by atoms with Crippen molar-refractivity contribution in [3.05, 3.63) is 89.5 Å². The molecule has 0 aliphatic carbocycles. The molecular weight excluding hydrogens is 440 g/mol. The van der Waals surface area contributed by atoms with Gasteiger partial charge in [-0.15, -0.1) is 0 Å². The van der Waals surface area contributed by atoms with Crippen LogP contribution >= 0.6 is 0 Å². The van der Waals surface area contributed by atoms with E-state index in [0.717, 1.165) is 35.4 Å². The number of rotatable bonds is 7. The molecule has 182 valence electrons. The van der Waals surface area contributed by atoms with E-state index < -0.39 is 5.41 Å².